The fraction of sp³-hybridized carbons (Fsp3) is 0.379. The van der Waals surface area contributed by atoms with Crippen molar-refractivity contribution in [2.45, 2.75) is 6.42 Å². The molecular weight excluding hydrogens is 472 g/mol. The third kappa shape index (κ3) is 8.77. The Hall–Kier alpha value is -3.62. The van der Waals surface area contributed by atoms with E-state index in [-0.39, 0.29) is 11.6 Å². The monoisotopic (exact) mass is 506 g/mol. The fourth-order valence-electron chi connectivity index (χ4n) is 3.86. The molecule has 0 radical (unpaired) electrons. The van der Waals surface area contributed by atoms with Crippen LogP contribution in [0.2, 0.25) is 0 Å². The van der Waals surface area contributed by atoms with Gasteiger partial charge < -0.3 is 28.7 Å². The van der Waals surface area contributed by atoms with Crippen LogP contribution in [0, 0.1) is 0 Å². The Balaban J connectivity index is 1.12. The predicted octanol–water partition coefficient (Wildman–Crippen LogP) is 3.59. The van der Waals surface area contributed by atoms with Gasteiger partial charge in [-0.15, -0.1) is 0 Å². The molecule has 8 heteroatoms. The molecule has 196 valence electrons. The molecule has 0 spiro atoms. The molecule has 0 amide bonds. The van der Waals surface area contributed by atoms with E-state index in [1.165, 1.54) is 0 Å². The lowest BCUT2D eigenvalue weighted by Gasteiger charge is -2.24. The molecule has 4 rings (SSSR count). The molecule has 2 aromatic carbocycles. The Morgan fingerprint density at radius 2 is 1.03 bits per heavy atom. The summed E-state index contributed by atoms with van der Waals surface area (Å²) in [5.74, 6) is 1.35. The van der Waals surface area contributed by atoms with Crippen LogP contribution in [0.4, 0.5) is 0 Å². The first-order valence-corrected chi connectivity index (χ1v) is 12.7. The molecule has 0 aromatic heterocycles. The molecule has 37 heavy (non-hydrogen) atoms. The number of nitrogens with zero attached hydrogens (tertiary/aromatic N) is 2. The molecule has 0 aliphatic carbocycles. The molecule has 2 aliphatic heterocycles. The van der Waals surface area contributed by atoms with Crippen LogP contribution in [0.15, 0.2) is 73.1 Å². The first-order valence-electron chi connectivity index (χ1n) is 12.7. The maximum Gasteiger partial charge on any atom is 0.187 e. The van der Waals surface area contributed by atoms with E-state index < -0.39 is 0 Å². The van der Waals surface area contributed by atoms with Gasteiger partial charge >= 0.3 is 0 Å². The van der Waals surface area contributed by atoms with Crippen molar-refractivity contribution in [1.29, 1.82) is 0 Å². The highest BCUT2D eigenvalue weighted by atomic mass is 16.5. The molecule has 2 aliphatic rings. The molecule has 0 saturated carbocycles. The van der Waals surface area contributed by atoms with Gasteiger partial charge in [-0.1, -0.05) is 0 Å². The van der Waals surface area contributed by atoms with Crippen molar-refractivity contribution in [2.24, 2.45) is 0 Å². The highest BCUT2D eigenvalue weighted by Crippen LogP contribution is 2.15. The first-order chi connectivity index (χ1) is 18.2. The molecular formula is C29H34N2O6. The van der Waals surface area contributed by atoms with Gasteiger partial charge in [0, 0.05) is 68.3 Å². The quantitative estimate of drug-likeness (QED) is 0.246. The molecule has 8 nitrogen and oxygen atoms in total. The first kappa shape index (κ1) is 26.4. The van der Waals surface area contributed by atoms with Crippen LogP contribution in [-0.4, -0.2) is 87.2 Å². The molecule has 2 heterocycles. The van der Waals surface area contributed by atoms with Crippen LogP contribution < -0.4 is 9.47 Å². The molecule has 2 aromatic rings. The zero-order valence-corrected chi connectivity index (χ0v) is 21.1. The highest BCUT2D eigenvalue weighted by molar-refractivity contribution is 6.05. The number of ketones is 2. The number of carbonyl (C=O) groups is 2. The van der Waals surface area contributed by atoms with Crippen molar-refractivity contribution >= 4 is 11.6 Å². The number of rotatable bonds is 12. The Kier molecular flexibility index (Phi) is 10.2. The summed E-state index contributed by atoms with van der Waals surface area (Å²) >= 11 is 0. The molecule has 2 saturated heterocycles. The molecule has 0 atom stereocenters. The zero-order valence-electron chi connectivity index (χ0n) is 21.1. The van der Waals surface area contributed by atoms with E-state index in [4.69, 9.17) is 18.9 Å². The number of hydrogen-bond donors (Lipinski definition) is 0. The van der Waals surface area contributed by atoms with Gasteiger partial charge in [-0.3, -0.25) is 9.59 Å². The average molecular weight is 507 g/mol. The Labute approximate surface area is 218 Å². The van der Waals surface area contributed by atoms with Crippen LogP contribution in [0.25, 0.3) is 0 Å². The van der Waals surface area contributed by atoms with Crippen molar-refractivity contribution in [3.63, 3.8) is 0 Å². The lowest BCUT2D eigenvalue weighted by atomic mass is 10.1. The Morgan fingerprint density at radius 3 is 1.41 bits per heavy atom. The molecule has 0 unspecified atom stereocenters. The number of carbonyl (C=O) groups excluding carboxylic acids is 2. The number of allylic oxidation sites excluding steroid dienone is 2. The minimum atomic E-state index is -0.0349. The van der Waals surface area contributed by atoms with E-state index in [1.54, 1.807) is 60.7 Å². The molecule has 2 fully saturated rings. The van der Waals surface area contributed by atoms with E-state index in [2.05, 4.69) is 9.80 Å². The fourth-order valence-corrected chi connectivity index (χ4v) is 3.86. The summed E-state index contributed by atoms with van der Waals surface area (Å²) in [4.78, 5) is 28.9. The van der Waals surface area contributed by atoms with Crippen molar-refractivity contribution in [3.8, 4) is 11.5 Å². The smallest absolute Gasteiger partial charge is 0.187 e. The second kappa shape index (κ2) is 14.2. The van der Waals surface area contributed by atoms with E-state index in [0.29, 0.717) is 68.7 Å². The summed E-state index contributed by atoms with van der Waals surface area (Å²) in [5.41, 5.74) is 1.25. The Bertz CT molecular complexity index is 967. The highest BCUT2D eigenvalue weighted by Gasteiger charge is 2.09. The maximum absolute atomic E-state index is 12.4. The van der Waals surface area contributed by atoms with Crippen LogP contribution >= 0.6 is 0 Å². The van der Waals surface area contributed by atoms with Gasteiger partial charge in [0.15, 0.2) is 11.6 Å². The second-order valence-electron chi connectivity index (χ2n) is 8.76. The van der Waals surface area contributed by atoms with Crippen LogP contribution in [0.3, 0.4) is 0 Å². The standard InChI is InChI=1S/C29H34N2O6/c32-28(10-12-30-14-20-34-21-15-30)24-2-6-26(7-3-24)36-18-1-19-37-27-8-4-25(5-9-27)29(33)11-13-31-16-22-35-23-17-31/h2-13H,1,14-23H2/b12-10+,13-11+. The lowest BCUT2D eigenvalue weighted by molar-refractivity contribution is 0.0591. The summed E-state index contributed by atoms with van der Waals surface area (Å²) in [6, 6.07) is 14.3. The van der Waals surface area contributed by atoms with Gasteiger partial charge in [-0.25, -0.2) is 0 Å². The summed E-state index contributed by atoms with van der Waals surface area (Å²) in [7, 11) is 0. The molecule has 0 N–H and O–H groups in total. The normalized spacial score (nSPS) is 16.3. The van der Waals surface area contributed by atoms with Crippen molar-refractivity contribution in [3.05, 3.63) is 84.2 Å². The van der Waals surface area contributed by atoms with Gasteiger partial charge in [0.1, 0.15) is 11.5 Å². The minimum Gasteiger partial charge on any atom is -0.493 e. The van der Waals surface area contributed by atoms with Crippen molar-refractivity contribution < 1.29 is 28.5 Å². The van der Waals surface area contributed by atoms with Gasteiger partial charge in [0.2, 0.25) is 0 Å². The lowest BCUT2D eigenvalue weighted by Crippen LogP contribution is -2.32. The number of morpholine rings is 2. The Morgan fingerprint density at radius 1 is 0.649 bits per heavy atom. The second-order valence-corrected chi connectivity index (χ2v) is 8.76. The minimum absolute atomic E-state index is 0.0349. The van der Waals surface area contributed by atoms with Crippen LogP contribution in [0.1, 0.15) is 27.1 Å². The van der Waals surface area contributed by atoms with Crippen molar-refractivity contribution in [1.82, 2.24) is 9.80 Å². The maximum atomic E-state index is 12.4. The summed E-state index contributed by atoms with van der Waals surface area (Å²) in [6.45, 7) is 6.97. The van der Waals surface area contributed by atoms with Gasteiger partial charge in [0.05, 0.1) is 39.6 Å². The number of benzene rings is 2. The third-order valence-corrected chi connectivity index (χ3v) is 6.07. The third-order valence-electron chi connectivity index (χ3n) is 6.07. The van der Waals surface area contributed by atoms with Crippen LogP contribution in [0.5, 0.6) is 11.5 Å². The number of hydrogen-bond acceptors (Lipinski definition) is 8. The van der Waals surface area contributed by atoms with E-state index >= 15 is 0 Å². The zero-order chi connectivity index (χ0) is 25.7. The van der Waals surface area contributed by atoms with E-state index in [9.17, 15) is 9.59 Å². The topological polar surface area (TPSA) is 77.5 Å². The predicted molar refractivity (Wildman–Crippen MR) is 140 cm³/mol. The van der Waals surface area contributed by atoms with E-state index in [0.717, 1.165) is 26.2 Å². The van der Waals surface area contributed by atoms with Gasteiger partial charge in [-0.2, -0.15) is 0 Å². The average Bonchev–Trinajstić information content (AvgIpc) is 2.96. The van der Waals surface area contributed by atoms with Crippen LogP contribution in [-0.2, 0) is 9.47 Å². The van der Waals surface area contributed by atoms with Gasteiger partial charge in [-0.05, 0) is 48.5 Å². The number of ether oxygens (including phenoxy) is 4. The summed E-state index contributed by atoms with van der Waals surface area (Å²) in [6.07, 6.45) is 7.58. The van der Waals surface area contributed by atoms with Gasteiger partial charge in [0.25, 0.3) is 0 Å². The van der Waals surface area contributed by atoms with E-state index in [1.807, 2.05) is 12.4 Å². The molecule has 0 bridgehead atoms. The summed E-state index contributed by atoms with van der Waals surface area (Å²) in [5, 5.41) is 0. The SMILES string of the molecule is O=C(/C=C/N1CCOCC1)c1ccc(OCCCOc2ccc(C(=O)/C=C/N3CCOCC3)cc2)cc1. The largest absolute Gasteiger partial charge is 0.493 e. The van der Waals surface area contributed by atoms with Crippen molar-refractivity contribution in [2.75, 3.05) is 65.8 Å². The summed E-state index contributed by atoms with van der Waals surface area (Å²) < 4.78 is 22.2.